The van der Waals surface area contributed by atoms with E-state index in [1.807, 2.05) is 38.1 Å². The lowest BCUT2D eigenvalue weighted by atomic mass is 10.1. The maximum absolute atomic E-state index is 13.7. The van der Waals surface area contributed by atoms with Gasteiger partial charge in [-0.1, -0.05) is 28.1 Å². The summed E-state index contributed by atoms with van der Waals surface area (Å²) in [6.07, 6.45) is 0. The Balaban J connectivity index is 2.24. The summed E-state index contributed by atoms with van der Waals surface area (Å²) < 4.78 is 20.0. The Kier molecular flexibility index (Phi) is 5.07. The molecular weight excluding hydrogens is 335 g/mol. The highest BCUT2D eigenvalue weighted by Crippen LogP contribution is 2.31. The monoisotopic (exact) mass is 352 g/mol. The molecule has 112 valence electrons. The molecule has 2 rings (SSSR count). The Morgan fingerprint density at radius 1 is 1.33 bits per heavy atom. The topological polar surface area (TPSA) is 47.3 Å². The van der Waals surface area contributed by atoms with E-state index in [1.54, 1.807) is 6.07 Å². The number of halogens is 2. The van der Waals surface area contributed by atoms with E-state index in [0.717, 1.165) is 10.0 Å². The highest BCUT2D eigenvalue weighted by atomic mass is 79.9. The molecule has 1 atom stereocenters. The number of ether oxygens (including phenoxy) is 1. The van der Waals surface area contributed by atoms with Gasteiger partial charge < -0.3 is 15.8 Å². The van der Waals surface area contributed by atoms with Crippen molar-refractivity contribution < 1.29 is 9.13 Å². The second-order valence-electron chi connectivity index (χ2n) is 4.72. The van der Waals surface area contributed by atoms with Gasteiger partial charge in [0.05, 0.1) is 18.0 Å². The highest BCUT2D eigenvalue weighted by Gasteiger charge is 2.12. The summed E-state index contributed by atoms with van der Waals surface area (Å²) in [5, 5.41) is 3.29. The van der Waals surface area contributed by atoms with Crippen molar-refractivity contribution in [2.75, 3.05) is 17.7 Å². The zero-order valence-corrected chi connectivity index (χ0v) is 13.6. The number of hydrogen-bond donors (Lipinski definition) is 2. The maximum atomic E-state index is 13.7. The van der Waals surface area contributed by atoms with Gasteiger partial charge >= 0.3 is 0 Å². The Hall–Kier alpha value is -1.75. The first-order valence-electron chi connectivity index (χ1n) is 6.75. The molecule has 0 heterocycles. The van der Waals surface area contributed by atoms with Crippen molar-refractivity contribution in [3.8, 4) is 5.75 Å². The molecule has 5 heteroatoms. The molecule has 0 radical (unpaired) electrons. The van der Waals surface area contributed by atoms with Crippen LogP contribution in [0.1, 0.15) is 25.5 Å². The predicted octanol–water partition coefficient (Wildman–Crippen LogP) is 4.74. The summed E-state index contributed by atoms with van der Waals surface area (Å²) in [6, 6.07) is 10.9. The van der Waals surface area contributed by atoms with Gasteiger partial charge in [-0.05, 0) is 31.5 Å². The van der Waals surface area contributed by atoms with Crippen molar-refractivity contribution in [3.63, 3.8) is 0 Å². The molecular formula is C16H18BrFN2O. The van der Waals surface area contributed by atoms with Crippen LogP contribution in [0.5, 0.6) is 5.75 Å². The van der Waals surface area contributed by atoms with E-state index < -0.39 is 5.82 Å². The minimum atomic E-state index is -0.449. The summed E-state index contributed by atoms with van der Waals surface area (Å²) in [5.74, 6) is -0.245. The van der Waals surface area contributed by atoms with Crippen LogP contribution < -0.4 is 15.8 Å². The summed E-state index contributed by atoms with van der Waals surface area (Å²) in [6.45, 7) is 4.24. The van der Waals surface area contributed by atoms with Crippen LogP contribution in [0, 0.1) is 5.82 Å². The normalized spacial score (nSPS) is 12.0. The summed E-state index contributed by atoms with van der Waals surface area (Å²) in [5.41, 5.74) is 8.00. The molecule has 0 amide bonds. The molecule has 0 aromatic heterocycles. The van der Waals surface area contributed by atoms with E-state index in [0.29, 0.717) is 18.0 Å². The average molecular weight is 353 g/mol. The van der Waals surface area contributed by atoms with Crippen molar-refractivity contribution in [1.29, 1.82) is 0 Å². The van der Waals surface area contributed by atoms with Gasteiger partial charge in [0.15, 0.2) is 11.6 Å². The molecule has 3 N–H and O–H groups in total. The summed E-state index contributed by atoms with van der Waals surface area (Å²) in [4.78, 5) is 0. The number of rotatable bonds is 5. The van der Waals surface area contributed by atoms with Gasteiger partial charge in [-0.25, -0.2) is 4.39 Å². The van der Waals surface area contributed by atoms with Crippen molar-refractivity contribution in [3.05, 3.63) is 52.3 Å². The fourth-order valence-corrected chi connectivity index (χ4v) is 2.47. The van der Waals surface area contributed by atoms with Gasteiger partial charge in [0.1, 0.15) is 0 Å². The third kappa shape index (κ3) is 3.88. The first kappa shape index (κ1) is 15.6. The van der Waals surface area contributed by atoms with Gasteiger partial charge in [-0.2, -0.15) is 0 Å². The van der Waals surface area contributed by atoms with Crippen LogP contribution in [0.4, 0.5) is 15.8 Å². The van der Waals surface area contributed by atoms with Crippen molar-refractivity contribution in [2.24, 2.45) is 0 Å². The molecule has 2 aromatic rings. The van der Waals surface area contributed by atoms with E-state index >= 15 is 0 Å². The molecule has 0 fully saturated rings. The largest absolute Gasteiger partial charge is 0.491 e. The lowest BCUT2D eigenvalue weighted by molar-refractivity contribution is 0.322. The Bertz CT molecular complexity index is 634. The molecule has 21 heavy (non-hydrogen) atoms. The molecule has 0 bridgehead atoms. The quantitative estimate of drug-likeness (QED) is 0.763. The first-order chi connectivity index (χ1) is 10.0. The molecule has 0 aliphatic carbocycles. The number of benzene rings is 2. The SMILES string of the molecule is CCOc1cc(NC(C)c2cccc(Br)c2)c(N)cc1F. The second-order valence-corrected chi connectivity index (χ2v) is 5.64. The van der Waals surface area contributed by atoms with Crippen molar-refractivity contribution >= 4 is 27.3 Å². The van der Waals surface area contributed by atoms with Crippen LogP contribution in [-0.4, -0.2) is 6.61 Å². The van der Waals surface area contributed by atoms with Gasteiger partial charge in [-0.15, -0.1) is 0 Å². The fraction of sp³-hybridized carbons (Fsp3) is 0.250. The Labute approximate surface area is 132 Å². The van der Waals surface area contributed by atoms with Gasteiger partial charge in [0, 0.05) is 22.6 Å². The molecule has 0 spiro atoms. The predicted molar refractivity (Wildman–Crippen MR) is 88.2 cm³/mol. The van der Waals surface area contributed by atoms with E-state index in [-0.39, 0.29) is 11.8 Å². The van der Waals surface area contributed by atoms with E-state index in [9.17, 15) is 4.39 Å². The van der Waals surface area contributed by atoms with Crippen LogP contribution in [0.15, 0.2) is 40.9 Å². The summed E-state index contributed by atoms with van der Waals surface area (Å²) in [7, 11) is 0. The van der Waals surface area contributed by atoms with E-state index in [4.69, 9.17) is 10.5 Å². The molecule has 0 aliphatic rings. The van der Waals surface area contributed by atoms with E-state index in [2.05, 4.69) is 21.2 Å². The average Bonchev–Trinajstić information content (AvgIpc) is 2.44. The minimum Gasteiger partial charge on any atom is -0.491 e. The highest BCUT2D eigenvalue weighted by molar-refractivity contribution is 9.10. The lowest BCUT2D eigenvalue weighted by Gasteiger charge is -2.18. The van der Waals surface area contributed by atoms with Crippen molar-refractivity contribution in [2.45, 2.75) is 19.9 Å². The number of nitrogens with one attached hydrogen (secondary N) is 1. The molecule has 0 aliphatic heterocycles. The zero-order chi connectivity index (χ0) is 15.4. The van der Waals surface area contributed by atoms with Crippen LogP contribution in [0.25, 0.3) is 0 Å². The zero-order valence-electron chi connectivity index (χ0n) is 12.0. The summed E-state index contributed by atoms with van der Waals surface area (Å²) >= 11 is 3.45. The number of anilines is 2. The van der Waals surface area contributed by atoms with E-state index in [1.165, 1.54) is 6.07 Å². The Morgan fingerprint density at radius 3 is 2.76 bits per heavy atom. The van der Waals surface area contributed by atoms with Gasteiger partial charge in [0.2, 0.25) is 0 Å². The minimum absolute atomic E-state index is 0.0322. The molecule has 0 saturated carbocycles. The molecule has 2 aromatic carbocycles. The van der Waals surface area contributed by atoms with Crippen molar-refractivity contribution in [1.82, 2.24) is 0 Å². The Morgan fingerprint density at radius 2 is 2.10 bits per heavy atom. The molecule has 1 unspecified atom stereocenters. The van der Waals surface area contributed by atoms with Crippen LogP contribution in [0.2, 0.25) is 0 Å². The lowest BCUT2D eigenvalue weighted by Crippen LogP contribution is -2.09. The standard InChI is InChI=1S/C16H18BrFN2O/c1-3-21-16-9-15(14(19)8-13(16)18)20-10(2)11-5-4-6-12(17)7-11/h4-10,20H,3,19H2,1-2H3. The van der Waals surface area contributed by atoms with Crippen LogP contribution in [-0.2, 0) is 0 Å². The maximum Gasteiger partial charge on any atom is 0.167 e. The molecule has 0 saturated heterocycles. The third-order valence-corrected chi connectivity index (χ3v) is 3.62. The van der Waals surface area contributed by atoms with Gasteiger partial charge in [0.25, 0.3) is 0 Å². The molecule has 3 nitrogen and oxygen atoms in total. The number of nitrogen functional groups attached to an aromatic ring is 1. The van der Waals surface area contributed by atoms with Gasteiger partial charge in [-0.3, -0.25) is 0 Å². The number of nitrogens with two attached hydrogens (primary N) is 1. The first-order valence-corrected chi connectivity index (χ1v) is 7.54. The number of hydrogen-bond acceptors (Lipinski definition) is 3. The smallest absolute Gasteiger partial charge is 0.167 e. The fourth-order valence-electron chi connectivity index (χ4n) is 2.05. The third-order valence-electron chi connectivity index (χ3n) is 3.12. The van der Waals surface area contributed by atoms with Crippen LogP contribution in [0.3, 0.4) is 0 Å². The van der Waals surface area contributed by atoms with Crippen LogP contribution >= 0.6 is 15.9 Å². The second kappa shape index (κ2) is 6.80.